The molecular weight excluding hydrogens is 352 g/mol. The lowest BCUT2D eigenvalue weighted by Crippen LogP contribution is -2.24. The van der Waals surface area contributed by atoms with E-state index in [0.29, 0.717) is 30.2 Å². The summed E-state index contributed by atoms with van der Waals surface area (Å²) in [6, 6.07) is 5.09. The molecule has 24 heavy (non-hydrogen) atoms. The molecule has 0 spiro atoms. The molecule has 2 N–H and O–H groups in total. The fraction of sp³-hybridized carbons (Fsp3) is 0.467. The van der Waals surface area contributed by atoms with Gasteiger partial charge in [-0.1, -0.05) is 18.1 Å². The van der Waals surface area contributed by atoms with E-state index in [-0.39, 0.29) is 23.3 Å². The van der Waals surface area contributed by atoms with Gasteiger partial charge in [-0.05, 0) is 38.6 Å². The van der Waals surface area contributed by atoms with Gasteiger partial charge in [-0.3, -0.25) is 0 Å². The van der Waals surface area contributed by atoms with Crippen molar-refractivity contribution in [1.82, 2.24) is 20.2 Å². The predicted molar refractivity (Wildman–Crippen MR) is 94.8 cm³/mol. The van der Waals surface area contributed by atoms with Crippen LogP contribution in [0.15, 0.2) is 27.6 Å². The van der Waals surface area contributed by atoms with Crippen LogP contribution < -0.4 is 10.0 Å². The molecule has 0 fully saturated rings. The zero-order valence-corrected chi connectivity index (χ0v) is 15.8. The first-order valence-electron chi connectivity index (χ1n) is 7.48. The summed E-state index contributed by atoms with van der Waals surface area (Å²) in [6.07, 6.45) is 0.633. The molecule has 0 aliphatic rings. The summed E-state index contributed by atoms with van der Waals surface area (Å²) in [5.74, 6) is 0.913. The van der Waals surface area contributed by atoms with Crippen molar-refractivity contribution < 1.29 is 12.9 Å². The average molecular weight is 375 g/mol. The number of hydrogen-bond acceptors (Lipinski definition) is 6. The van der Waals surface area contributed by atoms with Gasteiger partial charge < -0.3 is 9.84 Å². The molecule has 1 aromatic carbocycles. The van der Waals surface area contributed by atoms with Crippen molar-refractivity contribution in [2.24, 2.45) is 0 Å². The van der Waals surface area contributed by atoms with Crippen LogP contribution in [0.5, 0.6) is 0 Å². The summed E-state index contributed by atoms with van der Waals surface area (Å²) in [4.78, 5) is 4.55. The smallest absolute Gasteiger partial charge is 0.258 e. The van der Waals surface area contributed by atoms with Crippen LogP contribution in [0.1, 0.15) is 25.2 Å². The molecule has 2 rings (SSSR count). The zero-order chi connectivity index (χ0) is 17.0. The van der Waals surface area contributed by atoms with E-state index in [2.05, 4.69) is 20.2 Å². The molecule has 134 valence electrons. The molecule has 0 saturated heterocycles. The van der Waals surface area contributed by atoms with Crippen LogP contribution in [-0.4, -0.2) is 38.2 Å². The van der Waals surface area contributed by atoms with Crippen LogP contribution in [0.4, 0.5) is 0 Å². The summed E-state index contributed by atoms with van der Waals surface area (Å²) in [6.45, 7) is 5.96. The highest BCUT2D eigenvalue weighted by Gasteiger charge is 2.18. The van der Waals surface area contributed by atoms with Crippen molar-refractivity contribution in [3.05, 3.63) is 29.6 Å². The van der Waals surface area contributed by atoms with Crippen molar-refractivity contribution in [3.8, 4) is 11.5 Å². The van der Waals surface area contributed by atoms with E-state index in [4.69, 9.17) is 4.52 Å². The maximum absolute atomic E-state index is 12.1. The SMILES string of the molecule is CCNS(=O)(=O)c1ccc(C)c(-c2nc(CC(C)NC)no2)c1.Cl. The molecule has 0 aliphatic carbocycles. The topological polar surface area (TPSA) is 97.1 Å². The Morgan fingerprint density at radius 3 is 2.67 bits per heavy atom. The monoisotopic (exact) mass is 374 g/mol. The van der Waals surface area contributed by atoms with E-state index in [1.807, 2.05) is 20.9 Å². The number of halogens is 1. The van der Waals surface area contributed by atoms with Gasteiger partial charge in [-0.2, -0.15) is 4.98 Å². The van der Waals surface area contributed by atoms with Crippen molar-refractivity contribution in [2.75, 3.05) is 13.6 Å². The molecule has 1 unspecified atom stereocenters. The van der Waals surface area contributed by atoms with E-state index < -0.39 is 10.0 Å². The van der Waals surface area contributed by atoms with Gasteiger partial charge in [0.25, 0.3) is 5.89 Å². The minimum atomic E-state index is -3.52. The minimum absolute atomic E-state index is 0. The summed E-state index contributed by atoms with van der Waals surface area (Å²) >= 11 is 0. The normalized spacial score (nSPS) is 12.7. The Kier molecular flexibility index (Phi) is 7.34. The number of aromatic nitrogens is 2. The first kappa shape index (κ1) is 20.6. The summed E-state index contributed by atoms with van der Waals surface area (Å²) < 4.78 is 32.0. The standard InChI is InChI=1S/C15H22N4O3S.ClH/c1-5-17-23(20,21)12-7-6-10(2)13(9-12)15-18-14(19-22-15)8-11(3)16-4;/h6-7,9,11,16-17H,5,8H2,1-4H3;1H. The summed E-state index contributed by atoms with van der Waals surface area (Å²) in [5, 5.41) is 7.07. The first-order chi connectivity index (χ1) is 10.9. The molecule has 0 bridgehead atoms. The minimum Gasteiger partial charge on any atom is -0.334 e. The van der Waals surface area contributed by atoms with Crippen molar-refractivity contribution >= 4 is 22.4 Å². The third-order valence-corrected chi connectivity index (χ3v) is 5.08. The van der Waals surface area contributed by atoms with Crippen molar-refractivity contribution in [2.45, 2.75) is 38.1 Å². The number of benzene rings is 1. The van der Waals surface area contributed by atoms with E-state index in [1.54, 1.807) is 25.1 Å². The Hall–Kier alpha value is -1.48. The van der Waals surface area contributed by atoms with Gasteiger partial charge in [0.05, 0.1) is 4.90 Å². The molecular formula is C15H23ClN4O3S. The second-order valence-electron chi connectivity index (χ2n) is 5.39. The Bertz CT molecular complexity index is 777. The molecule has 0 radical (unpaired) electrons. The highest BCUT2D eigenvalue weighted by molar-refractivity contribution is 7.89. The molecule has 0 amide bonds. The number of sulfonamides is 1. The van der Waals surface area contributed by atoms with Crippen LogP contribution in [0.25, 0.3) is 11.5 Å². The Morgan fingerprint density at radius 2 is 2.04 bits per heavy atom. The fourth-order valence-electron chi connectivity index (χ4n) is 2.09. The fourth-order valence-corrected chi connectivity index (χ4v) is 3.16. The lowest BCUT2D eigenvalue weighted by Gasteiger charge is -2.07. The second-order valence-corrected chi connectivity index (χ2v) is 7.15. The first-order valence-corrected chi connectivity index (χ1v) is 8.96. The number of nitrogens with zero attached hydrogens (tertiary/aromatic N) is 2. The van der Waals surface area contributed by atoms with E-state index in [0.717, 1.165) is 5.56 Å². The third-order valence-electron chi connectivity index (χ3n) is 3.53. The maximum atomic E-state index is 12.1. The molecule has 9 heteroatoms. The van der Waals surface area contributed by atoms with Gasteiger partial charge in [-0.25, -0.2) is 13.1 Å². The van der Waals surface area contributed by atoms with Crippen LogP contribution in [0, 0.1) is 6.92 Å². The maximum Gasteiger partial charge on any atom is 0.258 e. The number of rotatable bonds is 7. The number of hydrogen-bond donors (Lipinski definition) is 2. The Labute approximate surface area is 148 Å². The molecule has 1 atom stereocenters. The van der Waals surface area contributed by atoms with Gasteiger partial charge in [0.1, 0.15) is 0 Å². The van der Waals surface area contributed by atoms with Crippen molar-refractivity contribution in [3.63, 3.8) is 0 Å². The number of likely N-dealkylation sites (N-methyl/N-ethyl adjacent to an activating group) is 1. The molecule has 7 nitrogen and oxygen atoms in total. The van der Waals surface area contributed by atoms with E-state index in [9.17, 15) is 8.42 Å². The van der Waals surface area contributed by atoms with Crippen LogP contribution in [-0.2, 0) is 16.4 Å². The third kappa shape index (κ3) is 4.76. The number of nitrogens with one attached hydrogen (secondary N) is 2. The van der Waals surface area contributed by atoms with Crippen LogP contribution in [0.3, 0.4) is 0 Å². The highest BCUT2D eigenvalue weighted by atomic mass is 35.5. The lowest BCUT2D eigenvalue weighted by atomic mass is 10.1. The van der Waals surface area contributed by atoms with Gasteiger partial charge in [-0.15, -0.1) is 12.4 Å². The number of aryl methyl sites for hydroxylation is 1. The average Bonchev–Trinajstić information content (AvgIpc) is 2.95. The quantitative estimate of drug-likeness (QED) is 0.768. The highest BCUT2D eigenvalue weighted by Crippen LogP contribution is 2.25. The van der Waals surface area contributed by atoms with E-state index >= 15 is 0 Å². The van der Waals surface area contributed by atoms with E-state index in [1.165, 1.54) is 0 Å². The van der Waals surface area contributed by atoms with Gasteiger partial charge in [0.2, 0.25) is 10.0 Å². The van der Waals surface area contributed by atoms with Gasteiger partial charge in [0.15, 0.2) is 5.82 Å². The van der Waals surface area contributed by atoms with Crippen LogP contribution in [0.2, 0.25) is 0 Å². The van der Waals surface area contributed by atoms with Crippen LogP contribution >= 0.6 is 12.4 Å². The summed E-state index contributed by atoms with van der Waals surface area (Å²) in [7, 11) is -1.66. The Balaban J connectivity index is 0.00000288. The van der Waals surface area contributed by atoms with Crippen molar-refractivity contribution in [1.29, 1.82) is 0 Å². The van der Waals surface area contributed by atoms with Gasteiger partial charge in [0, 0.05) is 24.6 Å². The molecule has 1 heterocycles. The zero-order valence-electron chi connectivity index (χ0n) is 14.2. The lowest BCUT2D eigenvalue weighted by molar-refractivity contribution is 0.418. The molecule has 0 saturated carbocycles. The van der Waals surface area contributed by atoms with Gasteiger partial charge >= 0.3 is 0 Å². The summed E-state index contributed by atoms with van der Waals surface area (Å²) in [5.41, 5.74) is 1.50. The second kappa shape index (κ2) is 8.57. The Morgan fingerprint density at radius 1 is 1.33 bits per heavy atom. The largest absolute Gasteiger partial charge is 0.334 e. The molecule has 1 aromatic heterocycles. The molecule has 2 aromatic rings. The molecule has 0 aliphatic heterocycles. The predicted octanol–water partition coefficient (Wildman–Crippen LogP) is 1.92.